The highest BCUT2D eigenvalue weighted by Crippen LogP contribution is 2.22. The molecule has 0 saturated heterocycles. The van der Waals surface area contributed by atoms with Crippen LogP contribution in [0, 0.1) is 5.82 Å². The van der Waals surface area contributed by atoms with E-state index in [2.05, 4.69) is 35.3 Å². The lowest BCUT2D eigenvalue weighted by atomic mass is 10.2. The van der Waals surface area contributed by atoms with Gasteiger partial charge in [0.15, 0.2) is 5.65 Å². The van der Waals surface area contributed by atoms with Crippen molar-refractivity contribution < 1.29 is 9.50 Å². The molecule has 12 heteroatoms. The summed E-state index contributed by atoms with van der Waals surface area (Å²) in [5, 5.41) is 18.0. The van der Waals surface area contributed by atoms with Crippen LogP contribution in [-0.2, 0) is 6.54 Å². The Morgan fingerprint density at radius 2 is 2.19 bits per heavy atom. The van der Waals surface area contributed by atoms with Gasteiger partial charge in [-0.25, -0.2) is 14.2 Å². The Bertz CT molecular complexity index is 1470. The molecule has 0 aliphatic heterocycles. The number of nitrogens with zero attached hydrogens (tertiary/aromatic N) is 5. The average Bonchev–Trinajstić information content (AvgIpc) is 3.36. The normalized spacial score (nSPS) is 15.2. The van der Waals surface area contributed by atoms with Crippen LogP contribution in [0.3, 0.4) is 0 Å². The van der Waals surface area contributed by atoms with Crippen molar-refractivity contribution in [2.45, 2.75) is 25.4 Å². The first-order valence-electron chi connectivity index (χ1n) is 9.47. The minimum absolute atomic E-state index is 0.140. The molecule has 1 saturated carbocycles. The van der Waals surface area contributed by atoms with Gasteiger partial charge in [0.1, 0.15) is 11.5 Å². The summed E-state index contributed by atoms with van der Waals surface area (Å²) in [5.41, 5.74) is 0.833. The number of imidazole rings is 1. The van der Waals surface area contributed by atoms with E-state index in [0.717, 1.165) is 12.8 Å². The van der Waals surface area contributed by atoms with Crippen molar-refractivity contribution in [3.63, 3.8) is 0 Å². The topological polar surface area (TPSA) is 136 Å². The fraction of sp³-hybridized carbons (Fsp3) is 0.211. The third-order valence-corrected chi connectivity index (χ3v) is 4.95. The van der Waals surface area contributed by atoms with E-state index in [-0.39, 0.29) is 30.1 Å². The van der Waals surface area contributed by atoms with Crippen molar-refractivity contribution in [1.29, 1.82) is 0 Å². The molecule has 1 aliphatic rings. The molecule has 1 aliphatic carbocycles. The van der Waals surface area contributed by atoms with Gasteiger partial charge in [-0.1, -0.05) is 17.7 Å². The third kappa shape index (κ3) is 3.99. The van der Waals surface area contributed by atoms with Gasteiger partial charge in [-0.15, -0.1) is 0 Å². The zero-order chi connectivity index (χ0) is 21.5. The van der Waals surface area contributed by atoms with Gasteiger partial charge >= 0.3 is 5.69 Å². The number of hydrogen-bond acceptors (Lipinski definition) is 7. The molecule has 31 heavy (non-hydrogen) atoms. The third-order valence-electron chi connectivity index (χ3n) is 4.71. The summed E-state index contributed by atoms with van der Waals surface area (Å²) in [4.78, 5) is 29.6. The number of rotatable bonds is 5. The van der Waals surface area contributed by atoms with Crippen molar-refractivity contribution in [3.05, 3.63) is 67.8 Å². The van der Waals surface area contributed by atoms with Crippen LogP contribution in [0.15, 0.2) is 34.2 Å². The molecule has 0 atom stereocenters. The first kappa shape index (κ1) is 19.2. The standard InChI is InChI=1S/C19H16ClFN8O2/c20-11-2-1-9(13(21)6-11)7-22-17-26-15-10(5-14-16(30)27-19(31)25-14)8-23-29(15)18(28-17)24-12-3-4-12/h1-2,5-6,8,12,30H,3-4,7H2,(H,22,24,28)(H2,25,27,31). The Labute approximate surface area is 178 Å². The predicted molar refractivity (Wildman–Crippen MR) is 110 cm³/mol. The first-order chi connectivity index (χ1) is 15.0. The summed E-state index contributed by atoms with van der Waals surface area (Å²) < 4.78 is 15.6. The molecule has 1 aromatic carbocycles. The maximum absolute atomic E-state index is 14.1. The van der Waals surface area contributed by atoms with Crippen molar-refractivity contribution in [1.82, 2.24) is 29.5 Å². The van der Waals surface area contributed by atoms with Gasteiger partial charge in [-0.3, -0.25) is 4.98 Å². The number of benzene rings is 1. The van der Waals surface area contributed by atoms with Crippen molar-refractivity contribution in [3.8, 4) is 5.88 Å². The molecule has 4 N–H and O–H groups in total. The summed E-state index contributed by atoms with van der Waals surface area (Å²) in [6.07, 6.45) is 5.02. The summed E-state index contributed by atoms with van der Waals surface area (Å²) in [6.45, 7) is 0.140. The van der Waals surface area contributed by atoms with Gasteiger partial charge in [0.05, 0.1) is 12.2 Å². The fourth-order valence-corrected chi connectivity index (χ4v) is 3.16. The quantitative estimate of drug-likeness (QED) is 0.362. The van der Waals surface area contributed by atoms with E-state index >= 15 is 0 Å². The molecule has 158 valence electrons. The van der Waals surface area contributed by atoms with Crippen molar-refractivity contribution in [2.75, 3.05) is 5.32 Å². The van der Waals surface area contributed by atoms with Crippen LogP contribution in [0.2, 0.25) is 5.02 Å². The molecule has 3 heterocycles. The van der Waals surface area contributed by atoms with Crippen molar-refractivity contribution in [2.24, 2.45) is 4.99 Å². The SMILES string of the molecule is O=c1[nH]c(O)c(C=c2cnn3c(=NC4CC4)nc(NCc4ccc(Cl)cc4F)nc23)[nH]1. The lowest BCUT2D eigenvalue weighted by Crippen LogP contribution is -2.24. The van der Waals surface area contributed by atoms with E-state index in [9.17, 15) is 14.3 Å². The molecule has 10 nitrogen and oxygen atoms in total. The van der Waals surface area contributed by atoms with Gasteiger partial charge in [0.2, 0.25) is 11.8 Å². The van der Waals surface area contributed by atoms with Gasteiger partial charge in [0, 0.05) is 22.3 Å². The lowest BCUT2D eigenvalue weighted by Gasteiger charge is -2.07. The van der Waals surface area contributed by atoms with Crippen LogP contribution in [0.4, 0.5) is 10.3 Å². The number of aromatic hydroxyl groups is 1. The molecular weight excluding hydrogens is 427 g/mol. The fourth-order valence-electron chi connectivity index (χ4n) is 3.00. The molecule has 1 fully saturated rings. The summed E-state index contributed by atoms with van der Waals surface area (Å²) >= 11 is 5.81. The van der Waals surface area contributed by atoms with Gasteiger partial charge in [-0.05, 0) is 31.1 Å². The number of aromatic amines is 2. The first-order valence-corrected chi connectivity index (χ1v) is 9.84. The number of halogens is 2. The maximum atomic E-state index is 14.1. The van der Waals surface area contributed by atoms with E-state index in [0.29, 0.717) is 27.1 Å². The number of anilines is 1. The Kier molecular flexibility index (Phi) is 4.66. The molecule has 0 unspecified atom stereocenters. The second-order valence-electron chi connectivity index (χ2n) is 7.12. The molecule has 0 radical (unpaired) electrons. The van der Waals surface area contributed by atoms with E-state index in [1.165, 1.54) is 22.9 Å². The molecule has 0 spiro atoms. The monoisotopic (exact) mass is 442 g/mol. The highest BCUT2D eigenvalue weighted by atomic mass is 35.5. The smallest absolute Gasteiger partial charge is 0.326 e. The minimum Gasteiger partial charge on any atom is -0.493 e. The summed E-state index contributed by atoms with van der Waals surface area (Å²) in [5.74, 6) is -0.490. The average molecular weight is 443 g/mol. The predicted octanol–water partition coefficient (Wildman–Crippen LogP) is 0.862. The largest absolute Gasteiger partial charge is 0.493 e. The molecule has 4 aromatic rings. The van der Waals surface area contributed by atoms with Gasteiger partial charge < -0.3 is 15.4 Å². The number of aromatic nitrogens is 6. The summed E-state index contributed by atoms with van der Waals surface area (Å²) in [7, 11) is 0. The van der Waals surface area contributed by atoms with Crippen molar-refractivity contribution >= 4 is 29.3 Å². The van der Waals surface area contributed by atoms with Crippen LogP contribution >= 0.6 is 11.6 Å². The second-order valence-corrected chi connectivity index (χ2v) is 7.55. The second kappa shape index (κ2) is 7.51. The van der Waals surface area contributed by atoms with E-state index in [4.69, 9.17) is 11.6 Å². The Morgan fingerprint density at radius 3 is 2.90 bits per heavy atom. The van der Waals surface area contributed by atoms with Gasteiger partial charge in [-0.2, -0.15) is 19.6 Å². The van der Waals surface area contributed by atoms with Crippen LogP contribution < -0.4 is 21.8 Å². The molecular formula is C19H16ClFN8O2. The summed E-state index contributed by atoms with van der Waals surface area (Å²) in [6, 6.07) is 4.61. The Hall–Kier alpha value is -3.73. The highest BCUT2D eigenvalue weighted by Gasteiger charge is 2.21. The zero-order valence-electron chi connectivity index (χ0n) is 15.9. The Balaban J connectivity index is 1.58. The molecule has 3 aromatic heterocycles. The van der Waals surface area contributed by atoms with Crippen LogP contribution in [0.1, 0.15) is 24.1 Å². The maximum Gasteiger partial charge on any atom is 0.326 e. The number of H-pyrrole nitrogens is 2. The lowest BCUT2D eigenvalue weighted by molar-refractivity contribution is 0.454. The van der Waals surface area contributed by atoms with Crippen LogP contribution in [0.25, 0.3) is 11.7 Å². The van der Waals surface area contributed by atoms with E-state index in [1.807, 2.05) is 0 Å². The molecule has 5 rings (SSSR count). The van der Waals surface area contributed by atoms with Crippen LogP contribution in [0.5, 0.6) is 5.88 Å². The van der Waals surface area contributed by atoms with Gasteiger partial charge in [0.25, 0.3) is 5.62 Å². The number of hydrogen-bond donors (Lipinski definition) is 4. The number of fused-ring (bicyclic) bond motifs is 1. The zero-order valence-corrected chi connectivity index (χ0v) is 16.7. The van der Waals surface area contributed by atoms with E-state index in [1.54, 1.807) is 12.1 Å². The minimum atomic E-state index is -0.536. The van der Waals surface area contributed by atoms with Crippen LogP contribution in [-0.4, -0.2) is 40.7 Å². The number of nitrogens with one attached hydrogen (secondary N) is 3. The van der Waals surface area contributed by atoms with E-state index < -0.39 is 11.5 Å². The molecule has 0 amide bonds. The highest BCUT2D eigenvalue weighted by molar-refractivity contribution is 6.30. The Morgan fingerprint density at radius 1 is 1.35 bits per heavy atom. The molecule has 0 bridgehead atoms.